The van der Waals surface area contributed by atoms with E-state index in [4.69, 9.17) is 11.6 Å². The highest BCUT2D eigenvalue weighted by Crippen LogP contribution is 2.18. The van der Waals surface area contributed by atoms with Crippen LogP contribution in [0.15, 0.2) is 23.2 Å². The van der Waals surface area contributed by atoms with Crippen molar-refractivity contribution in [2.45, 2.75) is 32.7 Å². The third-order valence-corrected chi connectivity index (χ3v) is 3.24. The maximum atomic E-state index is 13.7. The van der Waals surface area contributed by atoms with Crippen LogP contribution in [-0.2, 0) is 11.2 Å². The fourth-order valence-electron chi connectivity index (χ4n) is 1.92. The highest BCUT2D eigenvalue weighted by molar-refractivity contribution is 6.31. The number of nitrogens with zero attached hydrogens (tertiary/aromatic N) is 1. The lowest BCUT2D eigenvalue weighted by Crippen LogP contribution is -2.48. The van der Waals surface area contributed by atoms with E-state index in [2.05, 4.69) is 20.9 Å². The van der Waals surface area contributed by atoms with Crippen LogP contribution in [0.25, 0.3) is 0 Å². The van der Waals surface area contributed by atoms with E-state index in [0.29, 0.717) is 29.5 Å². The number of benzene rings is 1. The van der Waals surface area contributed by atoms with Crippen LogP contribution in [0.5, 0.6) is 0 Å². The van der Waals surface area contributed by atoms with E-state index in [9.17, 15) is 9.18 Å². The Bertz CT molecular complexity index is 549. The number of rotatable bonds is 5. The predicted octanol–water partition coefficient (Wildman–Crippen LogP) is 2.10. The molecule has 3 N–H and O–H groups in total. The van der Waals surface area contributed by atoms with E-state index >= 15 is 0 Å². The van der Waals surface area contributed by atoms with Crippen LogP contribution in [0.2, 0.25) is 5.02 Å². The van der Waals surface area contributed by atoms with Crippen LogP contribution >= 0.6 is 11.6 Å². The largest absolute Gasteiger partial charge is 0.356 e. The molecule has 1 amide bonds. The van der Waals surface area contributed by atoms with E-state index in [1.165, 1.54) is 6.07 Å². The van der Waals surface area contributed by atoms with Crippen molar-refractivity contribution in [3.8, 4) is 0 Å². The number of guanidine groups is 1. The van der Waals surface area contributed by atoms with Gasteiger partial charge in [0, 0.05) is 29.7 Å². The van der Waals surface area contributed by atoms with Gasteiger partial charge in [-0.1, -0.05) is 17.7 Å². The molecule has 0 bridgehead atoms. The number of carbonyl (C=O) groups is 1. The molecule has 7 heteroatoms. The van der Waals surface area contributed by atoms with Crippen LogP contribution in [0, 0.1) is 5.82 Å². The lowest BCUT2D eigenvalue weighted by Gasteiger charge is -2.21. The van der Waals surface area contributed by atoms with Crippen molar-refractivity contribution in [3.05, 3.63) is 34.6 Å². The van der Waals surface area contributed by atoms with Gasteiger partial charge >= 0.3 is 0 Å². The van der Waals surface area contributed by atoms with E-state index in [1.807, 2.05) is 20.8 Å². The van der Waals surface area contributed by atoms with Gasteiger partial charge in [0.25, 0.3) is 0 Å². The van der Waals surface area contributed by atoms with Crippen LogP contribution in [-0.4, -0.2) is 37.5 Å². The minimum atomic E-state index is -0.327. The van der Waals surface area contributed by atoms with E-state index in [1.54, 1.807) is 19.2 Å². The van der Waals surface area contributed by atoms with E-state index in [0.717, 1.165) is 0 Å². The summed E-state index contributed by atoms with van der Waals surface area (Å²) in [6.45, 7) is 6.29. The van der Waals surface area contributed by atoms with Gasteiger partial charge in [0.15, 0.2) is 5.96 Å². The van der Waals surface area contributed by atoms with Gasteiger partial charge in [-0.15, -0.1) is 0 Å². The van der Waals surface area contributed by atoms with E-state index < -0.39 is 0 Å². The van der Waals surface area contributed by atoms with Gasteiger partial charge in [-0.3, -0.25) is 9.79 Å². The number of aliphatic imine (C=N–C) groups is 1. The van der Waals surface area contributed by atoms with Crippen molar-refractivity contribution in [3.63, 3.8) is 0 Å². The van der Waals surface area contributed by atoms with Crippen LogP contribution in [0.3, 0.4) is 0 Å². The molecule has 0 spiro atoms. The zero-order valence-corrected chi connectivity index (χ0v) is 14.7. The number of nitrogens with one attached hydrogen (secondary N) is 3. The number of hydrogen-bond donors (Lipinski definition) is 3. The van der Waals surface area contributed by atoms with Crippen molar-refractivity contribution < 1.29 is 9.18 Å². The highest BCUT2D eigenvalue weighted by Gasteiger charge is 2.13. The van der Waals surface area contributed by atoms with Crippen molar-refractivity contribution in [1.82, 2.24) is 16.0 Å². The van der Waals surface area contributed by atoms with Gasteiger partial charge in [-0.05, 0) is 39.3 Å². The molecule has 0 saturated carbocycles. The summed E-state index contributed by atoms with van der Waals surface area (Å²) in [4.78, 5) is 15.8. The number of hydrogen-bond acceptors (Lipinski definition) is 2. The Morgan fingerprint density at radius 1 is 1.30 bits per heavy atom. The smallest absolute Gasteiger partial charge is 0.239 e. The van der Waals surface area contributed by atoms with Crippen LogP contribution in [0.1, 0.15) is 26.3 Å². The van der Waals surface area contributed by atoms with E-state index in [-0.39, 0.29) is 23.8 Å². The predicted molar refractivity (Wildman–Crippen MR) is 92.4 cm³/mol. The minimum absolute atomic E-state index is 0.109. The van der Waals surface area contributed by atoms with Crippen molar-refractivity contribution in [1.29, 1.82) is 0 Å². The molecule has 128 valence electrons. The molecule has 0 aliphatic carbocycles. The third-order valence-electron chi connectivity index (χ3n) is 2.88. The summed E-state index contributed by atoms with van der Waals surface area (Å²) in [5, 5.41) is 9.18. The van der Waals surface area contributed by atoms with Crippen molar-refractivity contribution in [2.24, 2.45) is 4.99 Å². The molecule has 0 atom stereocenters. The number of halogens is 2. The molecular formula is C16H24ClFN4O. The number of amides is 1. The minimum Gasteiger partial charge on any atom is -0.356 e. The Balaban J connectivity index is 2.42. The first kappa shape index (κ1) is 19.2. The molecule has 1 rings (SSSR count). The monoisotopic (exact) mass is 342 g/mol. The van der Waals surface area contributed by atoms with Gasteiger partial charge in [0.1, 0.15) is 5.82 Å². The second kappa shape index (κ2) is 8.72. The Morgan fingerprint density at radius 3 is 2.57 bits per heavy atom. The molecule has 1 aromatic rings. The molecule has 0 aliphatic rings. The molecule has 0 radical (unpaired) electrons. The van der Waals surface area contributed by atoms with Gasteiger partial charge in [0.05, 0.1) is 6.54 Å². The average molecular weight is 343 g/mol. The standard InChI is InChI=1S/C16H24ClFN4O/c1-16(2,3)22-14(23)10-21-15(19-4)20-9-8-11-12(17)6-5-7-13(11)18/h5-7H,8-10H2,1-4H3,(H,22,23)(H2,19,20,21). The van der Waals surface area contributed by atoms with Gasteiger partial charge in [0.2, 0.25) is 5.91 Å². The molecular weight excluding hydrogens is 319 g/mol. The SMILES string of the molecule is CN=C(NCCc1c(F)cccc1Cl)NCC(=O)NC(C)(C)C. The Kier molecular flexibility index (Phi) is 7.29. The van der Waals surface area contributed by atoms with Gasteiger partial charge < -0.3 is 16.0 Å². The fourth-order valence-corrected chi connectivity index (χ4v) is 2.18. The molecule has 0 heterocycles. The van der Waals surface area contributed by atoms with Crippen molar-refractivity contribution in [2.75, 3.05) is 20.1 Å². The Labute approximate surface area is 141 Å². The molecule has 0 aliphatic heterocycles. The maximum Gasteiger partial charge on any atom is 0.239 e. The van der Waals surface area contributed by atoms with Gasteiger partial charge in [-0.2, -0.15) is 0 Å². The quantitative estimate of drug-likeness (QED) is 0.567. The first-order chi connectivity index (χ1) is 10.7. The summed E-state index contributed by atoms with van der Waals surface area (Å²) in [6, 6.07) is 4.61. The third kappa shape index (κ3) is 7.32. The molecule has 0 aromatic heterocycles. The molecule has 5 nitrogen and oxygen atoms in total. The second-order valence-corrected chi connectivity index (χ2v) is 6.51. The van der Waals surface area contributed by atoms with Crippen LogP contribution < -0.4 is 16.0 Å². The Morgan fingerprint density at radius 2 is 2.00 bits per heavy atom. The fraction of sp³-hybridized carbons (Fsp3) is 0.500. The Hall–Kier alpha value is -1.82. The van der Waals surface area contributed by atoms with Crippen LogP contribution in [0.4, 0.5) is 4.39 Å². The summed E-state index contributed by atoms with van der Waals surface area (Å²) in [6.07, 6.45) is 0.417. The second-order valence-electron chi connectivity index (χ2n) is 6.10. The number of carbonyl (C=O) groups excluding carboxylic acids is 1. The molecule has 0 unspecified atom stereocenters. The first-order valence-corrected chi connectivity index (χ1v) is 7.79. The lowest BCUT2D eigenvalue weighted by atomic mass is 10.1. The summed E-state index contributed by atoms with van der Waals surface area (Å²) in [7, 11) is 1.60. The molecule has 0 saturated heterocycles. The summed E-state index contributed by atoms with van der Waals surface area (Å²) < 4.78 is 13.7. The summed E-state index contributed by atoms with van der Waals surface area (Å²) in [5.74, 6) is 0.0194. The summed E-state index contributed by atoms with van der Waals surface area (Å²) in [5.41, 5.74) is 0.180. The normalized spacial score (nSPS) is 12.0. The highest BCUT2D eigenvalue weighted by atomic mass is 35.5. The topological polar surface area (TPSA) is 65.5 Å². The zero-order valence-electron chi connectivity index (χ0n) is 14.0. The summed E-state index contributed by atoms with van der Waals surface area (Å²) >= 11 is 5.98. The van der Waals surface area contributed by atoms with Crippen molar-refractivity contribution >= 4 is 23.5 Å². The molecule has 1 aromatic carbocycles. The molecule has 0 fully saturated rings. The lowest BCUT2D eigenvalue weighted by molar-refractivity contribution is -0.121. The first-order valence-electron chi connectivity index (χ1n) is 7.41. The maximum absolute atomic E-state index is 13.7. The van der Waals surface area contributed by atoms with Gasteiger partial charge in [-0.25, -0.2) is 4.39 Å². The average Bonchev–Trinajstić information content (AvgIpc) is 2.43. The zero-order chi connectivity index (χ0) is 17.5. The molecule has 23 heavy (non-hydrogen) atoms.